The number of hydrogen-bond donors (Lipinski definition) is 1. The van der Waals surface area contributed by atoms with Crippen molar-refractivity contribution in [1.29, 1.82) is 0 Å². The van der Waals surface area contributed by atoms with Crippen molar-refractivity contribution >= 4 is 47.4 Å². The lowest BCUT2D eigenvalue weighted by molar-refractivity contribution is -0.140. The molecule has 0 bridgehead atoms. The molecule has 8 heteroatoms. The number of amides is 1. The predicted molar refractivity (Wildman–Crippen MR) is 135 cm³/mol. The van der Waals surface area contributed by atoms with Gasteiger partial charge in [-0.25, -0.2) is 0 Å². The van der Waals surface area contributed by atoms with E-state index in [4.69, 9.17) is 21.3 Å². The molecule has 2 saturated heterocycles. The number of nitrogens with zero attached hydrogens (tertiary/aromatic N) is 3. The molecule has 1 aliphatic carbocycles. The molecule has 4 rings (SSSR count). The van der Waals surface area contributed by atoms with E-state index in [1.54, 1.807) is 0 Å². The number of morpholine rings is 1. The number of halogens is 2. The molecule has 1 aromatic carbocycles. The van der Waals surface area contributed by atoms with Gasteiger partial charge in [-0.1, -0.05) is 23.7 Å². The molecule has 0 spiro atoms. The first-order valence-electron chi connectivity index (χ1n) is 11.3. The van der Waals surface area contributed by atoms with Crippen LogP contribution in [0.15, 0.2) is 29.3 Å². The maximum atomic E-state index is 12.8. The van der Waals surface area contributed by atoms with E-state index in [1.165, 1.54) is 5.56 Å². The summed E-state index contributed by atoms with van der Waals surface area (Å²) in [6.45, 7) is 8.26. The minimum atomic E-state index is 0. The topological polar surface area (TPSA) is 57.2 Å². The molecule has 6 nitrogen and oxygen atoms in total. The van der Waals surface area contributed by atoms with Crippen LogP contribution < -0.4 is 5.32 Å². The molecular weight excluding hydrogens is 527 g/mol. The van der Waals surface area contributed by atoms with Crippen LogP contribution in [0.4, 0.5) is 0 Å². The van der Waals surface area contributed by atoms with E-state index in [-0.39, 0.29) is 35.3 Å². The van der Waals surface area contributed by atoms with Crippen LogP contribution in [0.1, 0.15) is 38.2 Å². The lowest BCUT2D eigenvalue weighted by atomic mass is 9.95. The maximum absolute atomic E-state index is 12.8. The minimum Gasteiger partial charge on any atom is -0.378 e. The Hall–Kier alpha value is -1.06. The number of rotatable bonds is 5. The first-order chi connectivity index (χ1) is 14.6. The average Bonchev–Trinajstić information content (AvgIpc) is 3.58. The summed E-state index contributed by atoms with van der Waals surface area (Å²) in [6, 6.07) is 8.21. The third-order valence-corrected chi connectivity index (χ3v) is 6.86. The second kappa shape index (κ2) is 11.2. The van der Waals surface area contributed by atoms with E-state index < -0.39 is 0 Å². The molecule has 2 aliphatic heterocycles. The molecule has 0 atom stereocenters. The molecule has 0 aromatic heterocycles. The summed E-state index contributed by atoms with van der Waals surface area (Å²) in [6.07, 6.45) is 4.10. The SMILES string of the molecule is CCNC(=NCC1(c2cccc(Cl)c2)CC1)N1CCC(C(=O)N2CCOCC2)CC1.I. The molecule has 1 N–H and O–H groups in total. The summed E-state index contributed by atoms with van der Waals surface area (Å²) in [5.41, 5.74) is 1.43. The van der Waals surface area contributed by atoms with Gasteiger partial charge in [0.15, 0.2) is 5.96 Å². The van der Waals surface area contributed by atoms with Gasteiger partial charge in [-0.05, 0) is 50.3 Å². The number of aliphatic imine (C=N–C) groups is 1. The van der Waals surface area contributed by atoms with Crippen LogP contribution in [-0.2, 0) is 14.9 Å². The molecule has 1 aromatic rings. The lowest BCUT2D eigenvalue weighted by Gasteiger charge is -2.37. The van der Waals surface area contributed by atoms with Gasteiger partial charge in [0.1, 0.15) is 0 Å². The monoisotopic (exact) mass is 560 g/mol. The highest BCUT2D eigenvalue weighted by molar-refractivity contribution is 14.0. The van der Waals surface area contributed by atoms with Gasteiger partial charge in [0.2, 0.25) is 5.91 Å². The van der Waals surface area contributed by atoms with Crippen molar-refractivity contribution < 1.29 is 9.53 Å². The first-order valence-corrected chi connectivity index (χ1v) is 11.6. The van der Waals surface area contributed by atoms with Gasteiger partial charge in [-0.2, -0.15) is 0 Å². The third kappa shape index (κ3) is 6.05. The van der Waals surface area contributed by atoms with Gasteiger partial charge in [-0.3, -0.25) is 9.79 Å². The van der Waals surface area contributed by atoms with E-state index in [0.29, 0.717) is 19.1 Å². The van der Waals surface area contributed by atoms with Crippen molar-refractivity contribution in [3.8, 4) is 0 Å². The van der Waals surface area contributed by atoms with Gasteiger partial charge in [-0.15, -0.1) is 24.0 Å². The Labute approximate surface area is 207 Å². The molecule has 172 valence electrons. The number of guanidine groups is 1. The number of carbonyl (C=O) groups excluding carboxylic acids is 1. The van der Waals surface area contributed by atoms with Crippen LogP contribution in [0.5, 0.6) is 0 Å². The van der Waals surface area contributed by atoms with Crippen molar-refractivity contribution in [2.24, 2.45) is 10.9 Å². The van der Waals surface area contributed by atoms with Crippen molar-refractivity contribution in [3.63, 3.8) is 0 Å². The Bertz CT molecular complexity index is 773. The van der Waals surface area contributed by atoms with Gasteiger partial charge in [0, 0.05) is 49.1 Å². The molecule has 0 unspecified atom stereocenters. The molecule has 31 heavy (non-hydrogen) atoms. The van der Waals surface area contributed by atoms with E-state index in [0.717, 1.165) is 75.9 Å². The number of ether oxygens (including phenoxy) is 1. The fourth-order valence-corrected chi connectivity index (χ4v) is 4.73. The second-order valence-electron chi connectivity index (χ2n) is 8.66. The zero-order valence-electron chi connectivity index (χ0n) is 18.3. The van der Waals surface area contributed by atoms with Crippen LogP contribution >= 0.6 is 35.6 Å². The van der Waals surface area contributed by atoms with E-state index in [1.807, 2.05) is 17.0 Å². The smallest absolute Gasteiger partial charge is 0.225 e. The van der Waals surface area contributed by atoms with Crippen molar-refractivity contribution in [1.82, 2.24) is 15.1 Å². The van der Waals surface area contributed by atoms with E-state index in [9.17, 15) is 4.79 Å². The number of likely N-dealkylation sites (tertiary alicyclic amines) is 1. The fourth-order valence-electron chi connectivity index (χ4n) is 4.54. The van der Waals surface area contributed by atoms with Gasteiger partial charge in [0.05, 0.1) is 19.8 Å². The Morgan fingerprint density at radius 3 is 2.52 bits per heavy atom. The summed E-state index contributed by atoms with van der Waals surface area (Å²) in [7, 11) is 0. The molecule has 2 heterocycles. The van der Waals surface area contributed by atoms with Crippen LogP contribution in [-0.4, -0.2) is 74.1 Å². The normalized spacial score (nSPS) is 21.4. The lowest BCUT2D eigenvalue weighted by Crippen LogP contribution is -2.50. The van der Waals surface area contributed by atoms with Crippen molar-refractivity contribution in [2.75, 3.05) is 52.5 Å². The number of benzene rings is 1. The second-order valence-corrected chi connectivity index (χ2v) is 9.10. The molecule has 3 fully saturated rings. The van der Waals surface area contributed by atoms with E-state index >= 15 is 0 Å². The Morgan fingerprint density at radius 2 is 1.90 bits per heavy atom. The quantitative estimate of drug-likeness (QED) is 0.340. The number of nitrogens with one attached hydrogen (secondary N) is 1. The van der Waals surface area contributed by atoms with E-state index in [2.05, 4.69) is 29.3 Å². The van der Waals surface area contributed by atoms with Crippen LogP contribution in [0.2, 0.25) is 5.02 Å². The molecule has 1 amide bonds. The number of hydrogen-bond acceptors (Lipinski definition) is 3. The third-order valence-electron chi connectivity index (χ3n) is 6.62. The van der Waals surface area contributed by atoms with Gasteiger partial charge >= 0.3 is 0 Å². The van der Waals surface area contributed by atoms with Gasteiger partial charge < -0.3 is 19.9 Å². The standard InChI is InChI=1S/C23H33ClN4O2.HI/c1-2-25-22(26-17-23(8-9-23)19-4-3-5-20(24)16-19)28-10-6-18(7-11-28)21(29)27-12-14-30-15-13-27;/h3-5,16,18H,2,6-15,17H2,1H3,(H,25,26);1H. The molecule has 0 radical (unpaired) electrons. The van der Waals surface area contributed by atoms with Crippen LogP contribution in [0, 0.1) is 5.92 Å². The highest BCUT2D eigenvalue weighted by atomic mass is 127. The largest absolute Gasteiger partial charge is 0.378 e. The fraction of sp³-hybridized carbons (Fsp3) is 0.652. The summed E-state index contributed by atoms with van der Waals surface area (Å²) in [5.74, 6) is 1.41. The summed E-state index contributed by atoms with van der Waals surface area (Å²) in [5, 5.41) is 4.25. The van der Waals surface area contributed by atoms with Crippen molar-refractivity contribution in [3.05, 3.63) is 34.9 Å². The molecular formula is C23H34ClIN4O2. The zero-order chi connectivity index (χ0) is 21.0. The zero-order valence-corrected chi connectivity index (χ0v) is 21.4. The van der Waals surface area contributed by atoms with Crippen molar-refractivity contribution in [2.45, 2.75) is 38.0 Å². The molecule has 1 saturated carbocycles. The summed E-state index contributed by atoms with van der Waals surface area (Å²) in [4.78, 5) is 22.1. The van der Waals surface area contributed by atoms with Gasteiger partial charge in [0.25, 0.3) is 0 Å². The predicted octanol–water partition coefficient (Wildman–Crippen LogP) is 3.53. The first kappa shape index (κ1) is 24.6. The number of piperidine rings is 1. The van der Waals surface area contributed by atoms with Crippen LogP contribution in [0.25, 0.3) is 0 Å². The Morgan fingerprint density at radius 1 is 1.19 bits per heavy atom. The Kier molecular flexibility index (Phi) is 8.87. The maximum Gasteiger partial charge on any atom is 0.225 e. The number of carbonyl (C=O) groups is 1. The van der Waals surface area contributed by atoms with Crippen LogP contribution in [0.3, 0.4) is 0 Å². The Balaban J connectivity index is 0.00000272. The minimum absolute atomic E-state index is 0. The highest BCUT2D eigenvalue weighted by Gasteiger charge is 2.44. The summed E-state index contributed by atoms with van der Waals surface area (Å²) >= 11 is 6.21. The average molecular weight is 561 g/mol. The molecule has 3 aliphatic rings. The summed E-state index contributed by atoms with van der Waals surface area (Å²) < 4.78 is 5.38. The highest BCUT2D eigenvalue weighted by Crippen LogP contribution is 2.48.